The van der Waals surface area contributed by atoms with Gasteiger partial charge in [-0.3, -0.25) is 4.90 Å². The highest BCUT2D eigenvalue weighted by molar-refractivity contribution is 9.10. The number of rotatable bonds is 3. The number of hydrogen-bond donors (Lipinski definition) is 1. The van der Waals surface area contributed by atoms with E-state index < -0.39 is 0 Å². The summed E-state index contributed by atoms with van der Waals surface area (Å²) in [6.45, 7) is 6.61. The van der Waals surface area contributed by atoms with Crippen molar-refractivity contribution in [1.29, 1.82) is 0 Å². The predicted molar refractivity (Wildman–Crippen MR) is 96.2 cm³/mol. The number of aryl methyl sites for hydroxylation is 1. The van der Waals surface area contributed by atoms with Crippen LogP contribution in [0.4, 0.5) is 0 Å². The summed E-state index contributed by atoms with van der Waals surface area (Å²) < 4.78 is 1.19. The van der Waals surface area contributed by atoms with Crippen LogP contribution in [0.15, 0.2) is 53.0 Å². The van der Waals surface area contributed by atoms with Gasteiger partial charge in [-0.1, -0.05) is 58.4 Å². The van der Waals surface area contributed by atoms with Crippen LogP contribution in [0.3, 0.4) is 0 Å². The van der Waals surface area contributed by atoms with Gasteiger partial charge < -0.3 is 5.32 Å². The zero-order chi connectivity index (χ0) is 15.4. The van der Waals surface area contributed by atoms with Crippen LogP contribution in [0.5, 0.6) is 0 Å². The van der Waals surface area contributed by atoms with Crippen LogP contribution in [0, 0.1) is 6.92 Å². The highest BCUT2D eigenvalue weighted by atomic mass is 79.9. The molecule has 0 bridgehead atoms. The van der Waals surface area contributed by atoms with E-state index in [9.17, 15) is 0 Å². The van der Waals surface area contributed by atoms with Gasteiger partial charge in [-0.05, 0) is 42.6 Å². The van der Waals surface area contributed by atoms with Gasteiger partial charge >= 0.3 is 0 Å². The number of nitrogens with one attached hydrogen (secondary N) is 1. The molecule has 1 aliphatic heterocycles. The first-order valence-corrected chi connectivity index (χ1v) is 8.81. The van der Waals surface area contributed by atoms with E-state index >= 15 is 0 Å². The molecule has 0 aromatic heterocycles. The van der Waals surface area contributed by atoms with E-state index in [0.717, 1.165) is 26.2 Å². The average molecular weight is 359 g/mol. The number of benzene rings is 2. The Balaban J connectivity index is 2.06. The molecule has 1 unspecified atom stereocenters. The topological polar surface area (TPSA) is 15.3 Å². The van der Waals surface area contributed by atoms with Gasteiger partial charge in [0.05, 0.1) is 6.04 Å². The third kappa shape index (κ3) is 3.43. The van der Waals surface area contributed by atoms with Gasteiger partial charge in [-0.25, -0.2) is 0 Å². The van der Waals surface area contributed by atoms with Crippen LogP contribution in [-0.2, 0) is 0 Å². The van der Waals surface area contributed by atoms with E-state index in [4.69, 9.17) is 0 Å². The van der Waals surface area contributed by atoms with Crippen molar-refractivity contribution in [2.24, 2.45) is 0 Å². The third-order valence-electron chi connectivity index (χ3n) is 4.42. The fourth-order valence-electron chi connectivity index (χ4n) is 3.28. The fourth-order valence-corrected chi connectivity index (χ4v) is 3.78. The Hall–Kier alpha value is -1.16. The summed E-state index contributed by atoms with van der Waals surface area (Å²) in [7, 11) is 0. The molecule has 1 aliphatic rings. The predicted octanol–water partition coefficient (Wildman–Crippen LogP) is 4.14. The van der Waals surface area contributed by atoms with Gasteiger partial charge in [0, 0.05) is 24.1 Å². The lowest BCUT2D eigenvalue weighted by molar-refractivity contribution is 0.240. The fraction of sp³-hybridized carbons (Fsp3) is 0.368. The molecular formula is C19H23BrN2. The molecule has 22 heavy (non-hydrogen) atoms. The Labute approximate surface area is 141 Å². The molecule has 0 saturated carbocycles. The van der Waals surface area contributed by atoms with Crippen molar-refractivity contribution in [1.82, 2.24) is 10.2 Å². The lowest BCUT2D eigenvalue weighted by atomic mass is 9.93. The summed E-state index contributed by atoms with van der Waals surface area (Å²) in [5.41, 5.74) is 4.13. The standard InChI is InChI=1S/C19H23BrN2/c1-15-7-2-3-8-16(15)19(17-9-4-5-10-18(17)20)22-13-6-11-21-12-14-22/h2-5,7-10,19,21H,6,11-14H2,1H3. The highest BCUT2D eigenvalue weighted by Crippen LogP contribution is 2.35. The zero-order valence-corrected chi connectivity index (χ0v) is 14.6. The van der Waals surface area contributed by atoms with E-state index in [2.05, 4.69) is 81.6 Å². The van der Waals surface area contributed by atoms with Crippen LogP contribution in [0.25, 0.3) is 0 Å². The molecule has 0 amide bonds. The minimum absolute atomic E-state index is 0.316. The summed E-state index contributed by atoms with van der Waals surface area (Å²) in [5.74, 6) is 0. The first-order chi connectivity index (χ1) is 10.8. The Kier molecular flexibility index (Phi) is 5.29. The molecular weight excluding hydrogens is 336 g/mol. The SMILES string of the molecule is Cc1ccccc1C(c1ccccc1Br)N1CCCNCC1. The maximum absolute atomic E-state index is 3.76. The Morgan fingerprint density at radius 1 is 0.955 bits per heavy atom. The summed E-state index contributed by atoms with van der Waals surface area (Å²) in [6, 6.07) is 17.7. The van der Waals surface area contributed by atoms with Crippen molar-refractivity contribution in [3.63, 3.8) is 0 Å². The molecule has 0 radical (unpaired) electrons. The van der Waals surface area contributed by atoms with Crippen molar-refractivity contribution >= 4 is 15.9 Å². The van der Waals surface area contributed by atoms with E-state index in [1.54, 1.807) is 0 Å². The van der Waals surface area contributed by atoms with Crippen LogP contribution in [0.1, 0.15) is 29.2 Å². The van der Waals surface area contributed by atoms with Gasteiger partial charge in [-0.15, -0.1) is 0 Å². The molecule has 1 atom stereocenters. The number of nitrogens with zero attached hydrogens (tertiary/aromatic N) is 1. The maximum atomic E-state index is 3.76. The maximum Gasteiger partial charge on any atom is 0.0615 e. The van der Waals surface area contributed by atoms with Crippen molar-refractivity contribution < 1.29 is 0 Å². The van der Waals surface area contributed by atoms with Crippen molar-refractivity contribution in [2.45, 2.75) is 19.4 Å². The third-order valence-corrected chi connectivity index (χ3v) is 5.14. The molecule has 1 fully saturated rings. The lowest BCUT2D eigenvalue weighted by Gasteiger charge is -2.33. The molecule has 1 N–H and O–H groups in total. The first-order valence-electron chi connectivity index (χ1n) is 8.02. The van der Waals surface area contributed by atoms with E-state index in [-0.39, 0.29) is 0 Å². The second kappa shape index (κ2) is 7.40. The molecule has 3 heteroatoms. The van der Waals surface area contributed by atoms with E-state index in [1.165, 1.54) is 27.6 Å². The molecule has 116 valence electrons. The van der Waals surface area contributed by atoms with Crippen molar-refractivity contribution in [3.8, 4) is 0 Å². The lowest BCUT2D eigenvalue weighted by Crippen LogP contribution is -2.33. The zero-order valence-electron chi connectivity index (χ0n) is 13.1. The van der Waals surface area contributed by atoms with Crippen LogP contribution < -0.4 is 5.32 Å². The minimum Gasteiger partial charge on any atom is -0.315 e. The highest BCUT2D eigenvalue weighted by Gasteiger charge is 2.25. The first kappa shape index (κ1) is 15.7. The molecule has 1 saturated heterocycles. The van der Waals surface area contributed by atoms with Crippen LogP contribution in [-0.4, -0.2) is 31.1 Å². The second-order valence-electron chi connectivity index (χ2n) is 5.92. The molecule has 2 aromatic rings. The molecule has 0 aliphatic carbocycles. The van der Waals surface area contributed by atoms with Gasteiger partial charge in [-0.2, -0.15) is 0 Å². The summed E-state index contributed by atoms with van der Waals surface area (Å²) >= 11 is 3.76. The Morgan fingerprint density at radius 2 is 1.68 bits per heavy atom. The Morgan fingerprint density at radius 3 is 2.45 bits per heavy atom. The van der Waals surface area contributed by atoms with E-state index in [0.29, 0.717) is 6.04 Å². The molecule has 2 aromatic carbocycles. The smallest absolute Gasteiger partial charge is 0.0615 e. The Bertz CT molecular complexity index is 573. The van der Waals surface area contributed by atoms with Gasteiger partial charge in [0.25, 0.3) is 0 Å². The summed E-state index contributed by atoms with van der Waals surface area (Å²) in [6.07, 6.45) is 1.20. The number of halogens is 1. The average Bonchev–Trinajstić information content (AvgIpc) is 2.80. The van der Waals surface area contributed by atoms with Crippen LogP contribution >= 0.6 is 15.9 Å². The molecule has 3 rings (SSSR count). The second-order valence-corrected chi connectivity index (χ2v) is 6.77. The number of hydrogen-bond acceptors (Lipinski definition) is 2. The van der Waals surface area contributed by atoms with Crippen LogP contribution in [0.2, 0.25) is 0 Å². The summed E-state index contributed by atoms with van der Waals surface area (Å²) in [4.78, 5) is 2.61. The molecule has 0 spiro atoms. The normalized spacial score (nSPS) is 17.9. The molecule has 1 heterocycles. The van der Waals surface area contributed by atoms with E-state index in [1.807, 2.05) is 0 Å². The summed E-state index contributed by atoms with van der Waals surface area (Å²) in [5, 5.41) is 3.51. The van der Waals surface area contributed by atoms with Crippen molar-refractivity contribution in [3.05, 3.63) is 69.7 Å². The minimum atomic E-state index is 0.316. The van der Waals surface area contributed by atoms with Gasteiger partial charge in [0.1, 0.15) is 0 Å². The van der Waals surface area contributed by atoms with Gasteiger partial charge in [0.15, 0.2) is 0 Å². The monoisotopic (exact) mass is 358 g/mol. The van der Waals surface area contributed by atoms with Gasteiger partial charge in [0.2, 0.25) is 0 Å². The molecule has 2 nitrogen and oxygen atoms in total. The quantitative estimate of drug-likeness (QED) is 0.886. The largest absolute Gasteiger partial charge is 0.315 e. The van der Waals surface area contributed by atoms with Crippen molar-refractivity contribution in [2.75, 3.05) is 26.2 Å².